The Morgan fingerprint density at radius 2 is 1.86 bits per heavy atom. The van der Waals surface area contributed by atoms with Gasteiger partial charge in [0.25, 0.3) is 0 Å². The van der Waals surface area contributed by atoms with Crippen molar-refractivity contribution < 1.29 is 9.47 Å². The molecule has 2 unspecified atom stereocenters. The predicted octanol–water partition coefficient (Wildman–Crippen LogP) is 2.22. The molecule has 2 saturated heterocycles. The molecule has 4 nitrogen and oxygen atoms in total. The molecule has 2 atom stereocenters. The van der Waals surface area contributed by atoms with Gasteiger partial charge in [0.1, 0.15) is 0 Å². The topological polar surface area (TPSA) is 47.7 Å². The van der Waals surface area contributed by atoms with Gasteiger partial charge >= 0.3 is 0 Å². The zero-order chi connectivity index (χ0) is 14.9. The molecule has 2 heterocycles. The maximum Gasteiger partial charge on any atom is 0.170 e. The number of piperidine rings is 1. The first-order chi connectivity index (χ1) is 10.1. The van der Waals surface area contributed by atoms with E-state index < -0.39 is 0 Å². The highest BCUT2D eigenvalue weighted by Gasteiger charge is 2.41. The van der Waals surface area contributed by atoms with E-state index in [1.807, 2.05) is 0 Å². The summed E-state index contributed by atoms with van der Waals surface area (Å²) in [7, 11) is 0. The minimum atomic E-state index is -0.314. The highest BCUT2D eigenvalue weighted by molar-refractivity contribution is 5.26. The van der Waals surface area contributed by atoms with E-state index in [-0.39, 0.29) is 17.9 Å². The van der Waals surface area contributed by atoms with Crippen molar-refractivity contribution >= 4 is 0 Å². The van der Waals surface area contributed by atoms with E-state index in [1.165, 1.54) is 11.1 Å². The van der Waals surface area contributed by atoms with Gasteiger partial charge in [0.2, 0.25) is 0 Å². The van der Waals surface area contributed by atoms with Crippen molar-refractivity contribution in [2.45, 2.75) is 44.6 Å². The molecule has 1 aromatic carbocycles. The van der Waals surface area contributed by atoms with Crippen LogP contribution < -0.4 is 5.73 Å². The van der Waals surface area contributed by atoms with E-state index in [0.717, 1.165) is 39.1 Å². The van der Waals surface area contributed by atoms with E-state index in [4.69, 9.17) is 15.2 Å². The van der Waals surface area contributed by atoms with E-state index >= 15 is 0 Å². The van der Waals surface area contributed by atoms with Crippen LogP contribution in [0, 0.1) is 6.92 Å². The monoisotopic (exact) mass is 290 g/mol. The second-order valence-corrected chi connectivity index (χ2v) is 6.36. The largest absolute Gasteiger partial charge is 0.347 e. The van der Waals surface area contributed by atoms with Gasteiger partial charge in [0.15, 0.2) is 5.79 Å². The summed E-state index contributed by atoms with van der Waals surface area (Å²) in [6.45, 7) is 7.64. The van der Waals surface area contributed by atoms with Gasteiger partial charge in [-0.1, -0.05) is 29.8 Å². The molecule has 2 fully saturated rings. The van der Waals surface area contributed by atoms with Crippen molar-refractivity contribution in [1.82, 2.24) is 4.90 Å². The summed E-state index contributed by atoms with van der Waals surface area (Å²) in [6, 6.07) is 9.06. The standard InChI is InChI=1S/C17H26N2O2/c1-13-4-3-5-15(12-13)16(14(2)18)19-8-6-17(7-9-19)20-10-11-21-17/h3-5,12,14,16H,6-11,18H2,1-2H3. The third-order valence-electron chi connectivity index (χ3n) is 4.65. The van der Waals surface area contributed by atoms with Gasteiger partial charge in [0, 0.05) is 38.0 Å². The molecule has 0 bridgehead atoms. The molecule has 0 aromatic heterocycles. The molecule has 2 aliphatic rings. The molecule has 2 N–H and O–H groups in total. The number of nitrogens with two attached hydrogens (primary N) is 1. The normalized spacial score (nSPS) is 25.1. The lowest BCUT2D eigenvalue weighted by Crippen LogP contribution is -2.49. The summed E-state index contributed by atoms with van der Waals surface area (Å²) in [5, 5.41) is 0. The smallest absolute Gasteiger partial charge is 0.170 e. The predicted molar refractivity (Wildman–Crippen MR) is 83.0 cm³/mol. The van der Waals surface area contributed by atoms with Gasteiger partial charge in [0.05, 0.1) is 13.2 Å². The van der Waals surface area contributed by atoms with Crippen LogP contribution in [0.3, 0.4) is 0 Å². The van der Waals surface area contributed by atoms with Crippen molar-refractivity contribution in [2.75, 3.05) is 26.3 Å². The van der Waals surface area contributed by atoms with Crippen molar-refractivity contribution in [3.05, 3.63) is 35.4 Å². The van der Waals surface area contributed by atoms with Crippen LogP contribution in [0.1, 0.15) is 36.9 Å². The zero-order valence-electron chi connectivity index (χ0n) is 13.0. The zero-order valence-corrected chi connectivity index (χ0v) is 13.0. The molecule has 1 spiro atoms. The van der Waals surface area contributed by atoms with Crippen LogP contribution in [-0.4, -0.2) is 43.0 Å². The lowest BCUT2D eigenvalue weighted by Gasteiger charge is -2.42. The molecule has 0 aliphatic carbocycles. The highest BCUT2D eigenvalue weighted by atomic mass is 16.7. The lowest BCUT2D eigenvalue weighted by molar-refractivity contribution is -0.188. The third-order valence-corrected chi connectivity index (χ3v) is 4.65. The number of ether oxygens (including phenoxy) is 2. The van der Waals surface area contributed by atoms with Crippen molar-refractivity contribution in [3.8, 4) is 0 Å². The lowest BCUT2D eigenvalue weighted by atomic mass is 9.94. The Hall–Kier alpha value is -0.940. The molecule has 3 rings (SSSR count). The average molecular weight is 290 g/mol. The molecule has 0 saturated carbocycles. The molecular weight excluding hydrogens is 264 g/mol. The van der Waals surface area contributed by atoms with Gasteiger partial charge in [-0.2, -0.15) is 0 Å². The summed E-state index contributed by atoms with van der Waals surface area (Å²) in [6.07, 6.45) is 1.87. The minimum Gasteiger partial charge on any atom is -0.347 e. The van der Waals surface area contributed by atoms with Crippen LogP contribution in [0.25, 0.3) is 0 Å². The van der Waals surface area contributed by atoms with Crippen LogP contribution >= 0.6 is 0 Å². The summed E-state index contributed by atoms with van der Waals surface area (Å²) in [4.78, 5) is 2.48. The van der Waals surface area contributed by atoms with Gasteiger partial charge in [-0.05, 0) is 19.4 Å². The van der Waals surface area contributed by atoms with Crippen LogP contribution in [-0.2, 0) is 9.47 Å². The van der Waals surface area contributed by atoms with Gasteiger partial charge in [-0.3, -0.25) is 4.90 Å². The number of hydrogen-bond acceptors (Lipinski definition) is 4. The Labute approximate surface area is 127 Å². The summed E-state index contributed by atoms with van der Waals surface area (Å²) < 4.78 is 11.6. The fourth-order valence-corrected chi connectivity index (χ4v) is 3.63. The molecular formula is C17H26N2O2. The van der Waals surface area contributed by atoms with Crippen LogP contribution in [0.2, 0.25) is 0 Å². The number of hydrogen-bond donors (Lipinski definition) is 1. The number of likely N-dealkylation sites (tertiary alicyclic amines) is 1. The molecule has 2 aliphatic heterocycles. The second kappa shape index (κ2) is 6.05. The van der Waals surface area contributed by atoms with E-state index in [9.17, 15) is 0 Å². The molecule has 4 heteroatoms. The number of benzene rings is 1. The van der Waals surface area contributed by atoms with E-state index in [1.54, 1.807) is 0 Å². The first-order valence-corrected chi connectivity index (χ1v) is 7.94. The molecule has 0 radical (unpaired) electrons. The first kappa shape index (κ1) is 15.0. The van der Waals surface area contributed by atoms with Gasteiger partial charge < -0.3 is 15.2 Å². The maximum absolute atomic E-state index is 6.29. The third kappa shape index (κ3) is 3.14. The fourth-order valence-electron chi connectivity index (χ4n) is 3.63. The molecule has 1 aromatic rings. The first-order valence-electron chi connectivity index (χ1n) is 7.94. The Morgan fingerprint density at radius 3 is 2.43 bits per heavy atom. The van der Waals surface area contributed by atoms with E-state index in [0.29, 0.717) is 0 Å². The Bertz CT molecular complexity index is 473. The quantitative estimate of drug-likeness (QED) is 0.927. The van der Waals surface area contributed by atoms with Gasteiger partial charge in [-0.25, -0.2) is 0 Å². The molecule has 21 heavy (non-hydrogen) atoms. The molecule has 116 valence electrons. The summed E-state index contributed by atoms with van der Waals surface area (Å²) in [5.41, 5.74) is 8.89. The van der Waals surface area contributed by atoms with Gasteiger partial charge in [-0.15, -0.1) is 0 Å². The Balaban J connectivity index is 1.74. The highest BCUT2D eigenvalue weighted by Crippen LogP contribution is 2.35. The second-order valence-electron chi connectivity index (χ2n) is 6.36. The van der Waals surface area contributed by atoms with E-state index in [2.05, 4.69) is 43.0 Å². The fraction of sp³-hybridized carbons (Fsp3) is 0.647. The Kier molecular flexibility index (Phi) is 4.31. The minimum absolute atomic E-state index is 0.103. The SMILES string of the molecule is Cc1cccc(C(C(C)N)N2CCC3(CC2)OCCO3)c1. The van der Waals surface area contributed by atoms with Crippen molar-refractivity contribution in [3.63, 3.8) is 0 Å². The molecule has 0 amide bonds. The Morgan fingerprint density at radius 1 is 1.19 bits per heavy atom. The number of aryl methyl sites for hydroxylation is 1. The summed E-state index contributed by atoms with van der Waals surface area (Å²) >= 11 is 0. The number of rotatable bonds is 3. The van der Waals surface area contributed by atoms with Crippen LogP contribution in [0.4, 0.5) is 0 Å². The van der Waals surface area contributed by atoms with Crippen molar-refractivity contribution in [1.29, 1.82) is 0 Å². The number of nitrogens with zero attached hydrogens (tertiary/aromatic N) is 1. The van der Waals surface area contributed by atoms with Crippen LogP contribution in [0.15, 0.2) is 24.3 Å². The average Bonchev–Trinajstić information content (AvgIpc) is 2.90. The maximum atomic E-state index is 6.29. The summed E-state index contributed by atoms with van der Waals surface area (Å²) in [5.74, 6) is -0.314. The van der Waals surface area contributed by atoms with Crippen LogP contribution in [0.5, 0.6) is 0 Å². The van der Waals surface area contributed by atoms with Crippen molar-refractivity contribution in [2.24, 2.45) is 5.73 Å².